The van der Waals surface area contributed by atoms with Gasteiger partial charge in [0.05, 0.1) is 0 Å². The van der Waals surface area contributed by atoms with E-state index in [4.69, 9.17) is 27.7 Å². The Morgan fingerprint density at radius 1 is 1.35 bits per heavy atom. The van der Waals surface area contributed by atoms with Gasteiger partial charge in [0.25, 0.3) is 5.91 Å². The first-order chi connectivity index (χ1) is 11.0. The average molecular weight is 368 g/mol. The maximum Gasteiger partial charge on any atom is 0.279 e. The zero-order valence-corrected chi connectivity index (χ0v) is 14.3. The van der Waals surface area contributed by atoms with E-state index in [0.29, 0.717) is 27.4 Å². The summed E-state index contributed by atoms with van der Waals surface area (Å²) in [4.78, 5) is 17.1. The lowest BCUT2D eigenvalue weighted by atomic mass is 10.1. The third-order valence-electron chi connectivity index (χ3n) is 3.05. The Morgan fingerprint density at radius 3 is 2.74 bits per heavy atom. The fourth-order valence-electron chi connectivity index (χ4n) is 1.96. The molecule has 0 radical (unpaired) electrons. The number of amides is 1. The number of halogens is 2. The molecule has 1 aromatic carbocycles. The standard InChI is InChI=1S/C15H11Cl2N3O2S/c1-8-5-13(20-22-8)14(21)19-15-18-7-9(23-15)6-10-11(16)3-2-4-12(10)17/h2-5,7H,6H2,1H3,(H,18,19,21). The number of carbonyl (C=O) groups is 1. The molecule has 0 spiro atoms. The summed E-state index contributed by atoms with van der Waals surface area (Å²) in [6, 6.07) is 6.94. The largest absolute Gasteiger partial charge is 0.361 e. The summed E-state index contributed by atoms with van der Waals surface area (Å²) >= 11 is 13.7. The predicted molar refractivity (Wildman–Crippen MR) is 90.6 cm³/mol. The van der Waals surface area contributed by atoms with Gasteiger partial charge in [-0.3, -0.25) is 10.1 Å². The van der Waals surface area contributed by atoms with Gasteiger partial charge in [-0.25, -0.2) is 4.98 Å². The van der Waals surface area contributed by atoms with Crippen LogP contribution in [0.15, 0.2) is 35.0 Å². The molecular formula is C15H11Cl2N3O2S. The molecule has 0 aliphatic heterocycles. The molecule has 0 saturated heterocycles. The van der Waals surface area contributed by atoms with Crippen LogP contribution in [0.4, 0.5) is 5.13 Å². The molecule has 2 heterocycles. The monoisotopic (exact) mass is 367 g/mol. The van der Waals surface area contributed by atoms with E-state index in [1.54, 1.807) is 37.4 Å². The molecule has 118 valence electrons. The second-order valence-corrected chi connectivity index (χ2v) is 6.72. The number of hydrogen-bond donors (Lipinski definition) is 1. The molecule has 0 aliphatic carbocycles. The highest BCUT2D eigenvalue weighted by Gasteiger charge is 2.14. The van der Waals surface area contributed by atoms with Gasteiger partial charge >= 0.3 is 0 Å². The van der Waals surface area contributed by atoms with E-state index in [2.05, 4.69) is 15.5 Å². The number of benzene rings is 1. The van der Waals surface area contributed by atoms with Gasteiger partial charge in [0.15, 0.2) is 10.8 Å². The van der Waals surface area contributed by atoms with E-state index >= 15 is 0 Å². The van der Waals surface area contributed by atoms with E-state index in [1.807, 2.05) is 0 Å². The van der Waals surface area contributed by atoms with Gasteiger partial charge in [-0.2, -0.15) is 0 Å². The lowest BCUT2D eigenvalue weighted by molar-refractivity contribution is 0.101. The lowest BCUT2D eigenvalue weighted by Crippen LogP contribution is -2.11. The van der Waals surface area contributed by atoms with Crippen LogP contribution in [-0.2, 0) is 6.42 Å². The van der Waals surface area contributed by atoms with Crippen molar-refractivity contribution in [1.82, 2.24) is 10.1 Å². The number of anilines is 1. The number of hydrogen-bond acceptors (Lipinski definition) is 5. The Bertz CT molecular complexity index is 840. The first kappa shape index (κ1) is 16.0. The second kappa shape index (κ2) is 6.70. The first-order valence-corrected chi connectivity index (χ1v) is 8.22. The summed E-state index contributed by atoms with van der Waals surface area (Å²) in [5, 5.41) is 8.04. The van der Waals surface area contributed by atoms with Crippen molar-refractivity contribution in [3.05, 3.63) is 62.4 Å². The molecule has 8 heteroatoms. The van der Waals surface area contributed by atoms with Gasteiger partial charge in [-0.15, -0.1) is 11.3 Å². The highest BCUT2D eigenvalue weighted by molar-refractivity contribution is 7.15. The molecule has 2 aromatic heterocycles. The molecule has 0 aliphatic rings. The van der Waals surface area contributed by atoms with Gasteiger partial charge in [0, 0.05) is 33.6 Å². The third kappa shape index (κ3) is 3.72. The van der Waals surface area contributed by atoms with Gasteiger partial charge in [0.1, 0.15) is 5.76 Å². The van der Waals surface area contributed by atoms with E-state index < -0.39 is 0 Å². The lowest BCUT2D eigenvalue weighted by Gasteiger charge is -2.04. The van der Waals surface area contributed by atoms with Crippen LogP contribution in [0, 0.1) is 6.92 Å². The topological polar surface area (TPSA) is 68.0 Å². The van der Waals surface area contributed by atoms with Crippen molar-refractivity contribution in [3.63, 3.8) is 0 Å². The van der Waals surface area contributed by atoms with Crippen molar-refractivity contribution in [3.8, 4) is 0 Å². The zero-order valence-electron chi connectivity index (χ0n) is 12.0. The molecule has 0 atom stereocenters. The highest BCUT2D eigenvalue weighted by Crippen LogP contribution is 2.29. The molecule has 0 bridgehead atoms. The molecule has 1 N–H and O–H groups in total. The second-order valence-electron chi connectivity index (χ2n) is 4.79. The molecule has 1 amide bonds. The van der Waals surface area contributed by atoms with Crippen LogP contribution in [0.5, 0.6) is 0 Å². The van der Waals surface area contributed by atoms with Crippen LogP contribution < -0.4 is 5.32 Å². The van der Waals surface area contributed by atoms with E-state index in [-0.39, 0.29) is 11.6 Å². The Balaban J connectivity index is 1.72. The highest BCUT2D eigenvalue weighted by atomic mass is 35.5. The average Bonchev–Trinajstić information content (AvgIpc) is 3.12. The minimum absolute atomic E-state index is 0.216. The smallest absolute Gasteiger partial charge is 0.279 e. The quantitative estimate of drug-likeness (QED) is 0.731. The summed E-state index contributed by atoms with van der Waals surface area (Å²) in [5.41, 5.74) is 1.05. The fourth-order valence-corrected chi connectivity index (χ4v) is 3.31. The van der Waals surface area contributed by atoms with Crippen LogP contribution in [0.1, 0.15) is 26.7 Å². The SMILES string of the molecule is Cc1cc(C(=O)Nc2ncc(Cc3c(Cl)cccc3Cl)s2)no1. The predicted octanol–water partition coefficient (Wildman–Crippen LogP) is 4.59. The van der Waals surface area contributed by atoms with Crippen molar-refractivity contribution in [2.24, 2.45) is 0 Å². The summed E-state index contributed by atoms with van der Waals surface area (Å²) in [7, 11) is 0. The van der Waals surface area contributed by atoms with Crippen molar-refractivity contribution in [2.45, 2.75) is 13.3 Å². The maximum absolute atomic E-state index is 12.0. The Kier molecular flexibility index (Phi) is 4.66. The Labute approximate surface area is 146 Å². The van der Waals surface area contributed by atoms with Gasteiger partial charge in [0.2, 0.25) is 0 Å². The number of carbonyl (C=O) groups excluding carboxylic acids is 1. The fraction of sp³-hybridized carbons (Fsp3) is 0.133. The number of thiazole rings is 1. The number of aryl methyl sites for hydroxylation is 1. The molecule has 0 unspecified atom stereocenters. The number of aromatic nitrogens is 2. The Hall–Kier alpha value is -1.89. The minimum atomic E-state index is -0.362. The van der Waals surface area contributed by atoms with Crippen LogP contribution in [-0.4, -0.2) is 16.0 Å². The molecule has 0 fully saturated rings. The minimum Gasteiger partial charge on any atom is -0.361 e. The summed E-state index contributed by atoms with van der Waals surface area (Å²) in [6.07, 6.45) is 2.24. The molecule has 23 heavy (non-hydrogen) atoms. The molecular weight excluding hydrogens is 357 g/mol. The van der Waals surface area contributed by atoms with E-state index in [0.717, 1.165) is 10.4 Å². The summed E-state index contributed by atoms with van der Waals surface area (Å²) in [6.45, 7) is 1.72. The molecule has 3 aromatic rings. The van der Waals surface area contributed by atoms with Crippen LogP contribution in [0.2, 0.25) is 10.0 Å². The molecule has 3 rings (SSSR count). The van der Waals surface area contributed by atoms with Crippen molar-refractivity contribution in [1.29, 1.82) is 0 Å². The van der Waals surface area contributed by atoms with Gasteiger partial charge < -0.3 is 4.52 Å². The van der Waals surface area contributed by atoms with Crippen molar-refractivity contribution in [2.75, 3.05) is 5.32 Å². The van der Waals surface area contributed by atoms with Crippen molar-refractivity contribution >= 4 is 45.6 Å². The van der Waals surface area contributed by atoms with Crippen LogP contribution in [0.3, 0.4) is 0 Å². The molecule has 0 saturated carbocycles. The Morgan fingerprint density at radius 2 is 2.09 bits per heavy atom. The number of nitrogens with zero attached hydrogens (tertiary/aromatic N) is 2. The maximum atomic E-state index is 12.0. The van der Waals surface area contributed by atoms with Crippen molar-refractivity contribution < 1.29 is 9.32 Å². The summed E-state index contributed by atoms with van der Waals surface area (Å²) in [5.74, 6) is 0.210. The zero-order chi connectivity index (χ0) is 16.4. The van der Waals surface area contributed by atoms with Gasteiger partial charge in [-0.05, 0) is 24.6 Å². The van der Waals surface area contributed by atoms with Crippen LogP contribution in [0.25, 0.3) is 0 Å². The summed E-state index contributed by atoms with van der Waals surface area (Å²) < 4.78 is 4.88. The number of nitrogens with one attached hydrogen (secondary N) is 1. The van der Waals surface area contributed by atoms with Crippen LogP contribution >= 0.6 is 34.5 Å². The van der Waals surface area contributed by atoms with E-state index in [9.17, 15) is 4.79 Å². The normalized spacial score (nSPS) is 10.7. The molecule has 5 nitrogen and oxygen atoms in total. The van der Waals surface area contributed by atoms with E-state index in [1.165, 1.54) is 11.3 Å². The third-order valence-corrected chi connectivity index (χ3v) is 4.67. The number of rotatable bonds is 4. The first-order valence-electron chi connectivity index (χ1n) is 6.65. The van der Waals surface area contributed by atoms with Gasteiger partial charge in [-0.1, -0.05) is 34.4 Å².